The highest BCUT2D eigenvalue weighted by Crippen LogP contribution is 2.19. The quantitative estimate of drug-likeness (QED) is 0.865. The highest BCUT2D eigenvalue weighted by atomic mass is 32.1. The van der Waals surface area contributed by atoms with Crippen molar-refractivity contribution in [1.82, 2.24) is 15.2 Å². The first-order valence-electron chi connectivity index (χ1n) is 7.32. The van der Waals surface area contributed by atoms with Gasteiger partial charge in [-0.1, -0.05) is 6.92 Å². The molecule has 0 bridgehead atoms. The molecule has 2 atom stereocenters. The molecule has 0 spiro atoms. The first-order chi connectivity index (χ1) is 9.20. The van der Waals surface area contributed by atoms with Crippen LogP contribution in [-0.4, -0.2) is 54.7 Å². The molecule has 0 saturated carbocycles. The molecule has 2 heterocycles. The Morgan fingerprint density at radius 1 is 1.32 bits per heavy atom. The highest BCUT2D eigenvalue weighted by molar-refractivity contribution is 7.13. The normalized spacial score (nSPS) is 20.5. The number of aromatic nitrogens is 1. The zero-order chi connectivity index (χ0) is 13.7. The number of hydrogen-bond acceptors (Lipinski definition) is 5. The SMILES string of the molecule is CCC(C)NCC(C)N1CCN(c2nccs2)CC1. The lowest BCUT2D eigenvalue weighted by Crippen LogP contribution is -2.52. The summed E-state index contributed by atoms with van der Waals surface area (Å²) in [4.78, 5) is 9.38. The number of thiazole rings is 1. The molecular formula is C14H26N4S. The predicted molar refractivity (Wildman–Crippen MR) is 83.1 cm³/mol. The summed E-state index contributed by atoms with van der Waals surface area (Å²) < 4.78 is 0. The maximum Gasteiger partial charge on any atom is 0.185 e. The summed E-state index contributed by atoms with van der Waals surface area (Å²) in [6, 6.07) is 1.24. The Kier molecular flexibility index (Phi) is 5.60. The van der Waals surface area contributed by atoms with Gasteiger partial charge in [-0.15, -0.1) is 11.3 Å². The van der Waals surface area contributed by atoms with Crippen LogP contribution in [0, 0.1) is 0 Å². The van der Waals surface area contributed by atoms with Gasteiger partial charge < -0.3 is 10.2 Å². The summed E-state index contributed by atoms with van der Waals surface area (Å²) in [5, 5.41) is 6.83. The molecule has 1 aliphatic rings. The molecule has 0 aromatic carbocycles. The molecule has 1 saturated heterocycles. The Balaban J connectivity index is 1.73. The second-order valence-corrected chi connectivity index (χ2v) is 6.28. The van der Waals surface area contributed by atoms with Crippen LogP contribution in [0.5, 0.6) is 0 Å². The number of hydrogen-bond donors (Lipinski definition) is 1. The van der Waals surface area contributed by atoms with E-state index in [1.807, 2.05) is 6.20 Å². The summed E-state index contributed by atoms with van der Waals surface area (Å²) in [6.07, 6.45) is 3.09. The van der Waals surface area contributed by atoms with Gasteiger partial charge in [-0.05, 0) is 20.3 Å². The van der Waals surface area contributed by atoms with Crippen LogP contribution in [0.25, 0.3) is 0 Å². The maximum atomic E-state index is 4.39. The van der Waals surface area contributed by atoms with Gasteiger partial charge in [-0.3, -0.25) is 4.90 Å². The molecule has 4 nitrogen and oxygen atoms in total. The van der Waals surface area contributed by atoms with Gasteiger partial charge in [0, 0.05) is 56.4 Å². The topological polar surface area (TPSA) is 31.4 Å². The van der Waals surface area contributed by atoms with Crippen molar-refractivity contribution in [2.45, 2.75) is 39.3 Å². The lowest BCUT2D eigenvalue weighted by molar-refractivity contribution is 0.190. The average Bonchev–Trinajstić information content (AvgIpc) is 2.98. The lowest BCUT2D eigenvalue weighted by atomic mass is 10.2. The van der Waals surface area contributed by atoms with E-state index in [-0.39, 0.29) is 0 Å². The number of anilines is 1. The Bertz CT molecular complexity index is 346. The van der Waals surface area contributed by atoms with E-state index in [1.165, 1.54) is 11.6 Å². The standard InChI is InChI=1S/C14H26N4S/c1-4-12(2)16-11-13(3)17-6-8-18(9-7-17)14-15-5-10-19-14/h5,10,12-13,16H,4,6-9,11H2,1-3H3. The van der Waals surface area contributed by atoms with Crippen molar-refractivity contribution in [2.24, 2.45) is 0 Å². The molecule has 0 amide bonds. The molecule has 108 valence electrons. The van der Waals surface area contributed by atoms with Crippen LogP contribution in [0.2, 0.25) is 0 Å². The van der Waals surface area contributed by atoms with Crippen molar-refractivity contribution in [1.29, 1.82) is 0 Å². The van der Waals surface area contributed by atoms with E-state index in [0.29, 0.717) is 12.1 Å². The second kappa shape index (κ2) is 7.22. The first-order valence-corrected chi connectivity index (χ1v) is 8.20. The molecule has 2 rings (SSSR count). The zero-order valence-electron chi connectivity index (χ0n) is 12.3. The van der Waals surface area contributed by atoms with Crippen molar-refractivity contribution in [3.8, 4) is 0 Å². The maximum absolute atomic E-state index is 4.39. The van der Waals surface area contributed by atoms with E-state index in [4.69, 9.17) is 0 Å². The fourth-order valence-corrected chi connectivity index (χ4v) is 3.07. The second-order valence-electron chi connectivity index (χ2n) is 5.40. The van der Waals surface area contributed by atoms with Crippen molar-refractivity contribution in [3.63, 3.8) is 0 Å². The van der Waals surface area contributed by atoms with Gasteiger partial charge >= 0.3 is 0 Å². The van der Waals surface area contributed by atoms with Crippen molar-refractivity contribution in [2.75, 3.05) is 37.6 Å². The molecule has 0 aliphatic carbocycles. The van der Waals surface area contributed by atoms with Gasteiger partial charge in [-0.25, -0.2) is 4.98 Å². The Hall–Kier alpha value is -0.650. The molecule has 1 aliphatic heterocycles. The Morgan fingerprint density at radius 2 is 2.05 bits per heavy atom. The van der Waals surface area contributed by atoms with Crippen molar-refractivity contribution < 1.29 is 0 Å². The third kappa shape index (κ3) is 4.16. The summed E-state index contributed by atoms with van der Waals surface area (Å²) in [7, 11) is 0. The first kappa shape index (κ1) is 14.8. The van der Waals surface area contributed by atoms with Crippen LogP contribution < -0.4 is 10.2 Å². The third-order valence-electron chi connectivity index (χ3n) is 4.00. The van der Waals surface area contributed by atoms with Crippen LogP contribution >= 0.6 is 11.3 Å². The summed E-state index contributed by atoms with van der Waals surface area (Å²) in [5.41, 5.74) is 0. The van der Waals surface area contributed by atoms with Crippen LogP contribution in [-0.2, 0) is 0 Å². The van der Waals surface area contributed by atoms with E-state index < -0.39 is 0 Å². The minimum absolute atomic E-state index is 0.618. The van der Waals surface area contributed by atoms with Gasteiger partial charge in [0.2, 0.25) is 0 Å². The van der Waals surface area contributed by atoms with E-state index >= 15 is 0 Å². The van der Waals surface area contributed by atoms with Gasteiger partial charge in [0.25, 0.3) is 0 Å². The molecule has 1 aromatic rings. The van der Waals surface area contributed by atoms with Crippen LogP contribution in [0.4, 0.5) is 5.13 Å². The van der Waals surface area contributed by atoms with E-state index in [2.05, 4.69) is 46.3 Å². The van der Waals surface area contributed by atoms with E-state index in [0.717, 1.165) is 32.7 Å². The molecule has 1 N–H and O–H groups in total. The molecule has 19 heavy (non-hydrogen) atoms. The van der Waals surface area contributed by atoms with Gasteiger partial charge in [0.05, 0.1) is 0 Å². The average molecular weight is 282 g/mol. The monoisotopic (exact) mass is 282 g/mol. The van der Waals surface area contributed by atoms with Gasteiger partial charge in [0.1, 0.15) is 0 Å². The number of rotatable bonds is 6. The predicted octanol–water partition coefficient (Wildman–Crippen LogP) is 2.04. The molecule has 5 heteroatoms. The minimum Gasteiger partial charge on any atom is -0.346 e. The molecule has 1 aromatic heterocycles. The van der Waals surface area contributed by atoms with Crippen LogP contribution in [0.1, 0.15) is 27.2 Å². The zero-order valence-corrected chi connectivity index (χ0v) is 13.1. The minimum atomic E-state index is 0.618. The number of nitrogens with zero attached hydrogens (tertiary/aromatic N) is 3. The lowest BCUT2D eigenvalue weighted by Gasteiger charge is -2.38. The largest absolute Gasteiger partial charge is 0.346 e. The molecule has 0 radical (unpaired) electrons. The van der Waals surface area contributed by atoms with E-state index in [1.54, 1.807) is 11.3 Å². The Labute approximate surface area is 120 Å². The Morgan fingerprint density at radius 3 is 2.63 bits per heavy atom. The van der Waals surface area contributed by atoms with E-state index in [9.17, 15) is 0 Å². The summed E-state index contributed by atoms with van der Waals surface area (Å²) in [6.45, 7) is 12.4. The van der Waals surface area contributed by atoms with Gasteiger partial charge in [-0.2, -0.15) is 0 Å². The summed E-state index contributed by atoms with van der Waals surface area (Å²) >= 11 is 1.74. The molecular weight excluding hydrogens is 256 g/mol. The fourth-order valence-electron chi connectivity index (χ4n) is 2.37. The van der Waals surface area contributed by atoms with Crippen molar-refractivity contribution in [3.05, 3.63) is 11.6 Å². The fraction of sp³-hybridized carbons (Fsp3) is 0.786. The summed E-state index contributed by atoms with van der Waals surface area (Å²) in [5.74, 6) is 0. The highest BCUT2D eigenvalue weighted by Gasteiger charge is 2.22. The van der Waals surface area contributed by atoms with Crippen LogP contribution in [0.3, 0.4) is 0 Å². The number of piperazine rings is 1. The number of nitrogens with one attached hydrogen (secondary N) is 1. The van der Waals surface area contributed by atoms with Crippen molar-refractivity contribution >= 4 is 16.5 Å². The molecule has 1 fully saturated rings. The van der Waals surface area contributed by atoms with Crippen LogP contribution in [0.15, 0.2) is 11.6 Å². The van der Waals surface area contributed by atoms with Gasteiger partial charge in [0.15, 0.2) is 5.13 Å². The smallest absolute Gasteiger partial charge is 0.185 e. The third-order valence-corrected chi connectivity index (χ3v) is 4.83. The molecule has 2 unspecified atom stereocenters.